The van der Waals surface area contributed by atoms with Crippen LogP contribution >= 0.6 is 0 Å². The number of aliphatic hydroxyl groups excluding tert-OH is 8. The summed E-state index contributed by atoms with van der Waals surface area (Å²) in [5.41, 5.74) is 9.19. The van der Waals surface area contributed by atoms with Crippen LogP contribution in [0.15, 0.2) is 96.6 Å². The molecule has 7 amide bonds. The first-order valence-corrected chi connectivity index (χ1v) is 30.2. The van der Waals surface area contributed by atoms with Crippen LogP contribution in [0.4, 0.5) is 0 Å². The van der Waals surface area contributed by atoms with Gasteiger partial charge in [0.25, 0.3) is 5.91 Å². The summed E-state index contributed by atoms with van der Waals surface area (Å²) < 4.78 is 5.87. The third-order valence-electron chi connectivity index (χ3n) is 16.5. The first kappa shape index (κ1) is 69.2. The quantitative estimate of drug-likeness (QED) is 0.0304. The van der Waals surface area contributed by atoms with E-state index in [2.05, 4.69) is 38.8 Å². The maximum absolute atomic E-state index is 14.8. The summed E-state index contributed by atoms with van der Waals surface area (Å²) in [6.07, 6.45) is -9.64. The van der Waals surface area contributed by atoms with Gasteiger partial charge in [-0.2, -0.15) is 0 Å². The summed E-state index contributed by atoms with van der Waals surface area (Å²) in [6.45, 7) is 6.15. The van der Waals surface area contributed by atoms with E-state index in [1.54, 1.807) is 12.1 Å². The minimum atomic E-state index is -2.27. The standard InChI is InChI=1S/C62H87N11O16/c1-5-6-7-28-89-44-22-18-39(19-23-44)37-10-8-36(9-11-37)38-12-14-41(15-13-38)56(82)66-45-30-47(78)55(73(64)27-26-65-25-24-63)70-60(86)51-52(79)33(2)31-72(51)62(88)49(35(4)75)68-59(85)50(54(81)53(80)40-16-20-42(76)21-17-40)69-58(84)46-29-43(77)32-71(46)61(87)48(34(3)74)67-57(45)83/h8-20,22-23,33-35,42-43,45-55,65,74-81H,5-7,21,24-32,63-64H2,1-4H3,(H,66,82)(H,67,83)(H,68,85)(H,69,84)(H,70,86)/t33-,34+,35+,42?,43+,45-,46?,47+,48?,49?,50?,51?,52-,53-,54-,55+/m0/s1. The topological polar surface area (TPSA) is 424 Å². The van der Waals surface area contributed by atoms with Crippen molar-refractivity contribution in [3.63, 3.8) is 0 Å². The number of hydrogen-bond acceptors (Lipinski definition) is 20. The third-order valence-corrected chi connectivity index (χ3v) is 16.5. The summed E-state index contributed by atoms with van der Waals surface area (Å²) in [5, 5.41) is 107. The second kappa shape index (κ2) is 32.0. The number of aliphatic hydroxyl groups is 8. The largest absolute Gasteiger partial charge is 0.494 e. The van der Waals surface area contributed by atoms with E-state index in [-0.39, 0.29) is 43.7 Å². The van der Waals surface area contributed by atoms with Gasteiger partial charge in [-0.1, -0.05) is 93.4 Å². The molecule has 6 unspecified atom stereocenters. The fourth-order valence-corrected chi connectivity index (χ4v) is 11.3. The van der Waals surface area contributed by atoms with E-state index in [1.165, 1.54) is 37.3 Å². The smallest absolute Gasteiger partial charge is 0.251 e. The van der Waals surface area contributed by atoms with Crippen molar-refractivity contribution in [3.8, 4) is 28.0 Å². The van der Waals surface area contributed by atoms with Crippen molar-refractivity contribution >= 4 is 41.4 Å². The minimum Gasteiger partial charge on any atom is -0.494 e. The minimum absolute atomic E-state index is 0.00555. The molecule has 7 rings (SSSR count). The van der Waals surface area contributed by atoms with E-state index in [1.807, 2.05) is 48.5 Å². The molecule has 27 heteroatoms. The molecule has 27 nitrogen and oxygen atoms in total. The van der Waals surface area contributed by atoms with Gasteiger partial charge in [-0.05, 0) is 78.8 Å². The molecule has 0 saturated carbocycles. The highest BCUT2D eigenvalue weighted by Crippen LogP contribution is 2.30. The monoisotopic (exact) mass is 1240 g/mol. The highest BCUT2D eigenvalue weighted by molar-refractivity contribution is 6.00. The lowest BCUT2D eigenvalue weighted by Gasteiger charge is -2.36. The van der Waals surface area contributed by atoms with Crippen LogP contribution in [0.5, 0.6) is 5.75 Å². The molecule has 0 spiro atoms. The van der Waals surface area contributed by atoms with Gasteiger partial charge in [0.15, 0.2) is 0 Å². The first-order valence-electron chi connectivity index (χ1n) is 30.2. The van der Waals surface area contributed by atoms with Crippen LogP contribution in [0.1, 0.15) is 76.6 Å². The Morgan fingerprint density at radius 3 is 1.87 bits per heavy atom. The zero-order valence-electron chi connectivity index (χ0n) is 50.4. The first-order chi connectivity index (χ1) is 42.4. The molecule has 1 aliphatic carbocycles. The second-order valence-corrected chi connectivity index (χ2v) is 23.3. The molecule has 0 bridgehead atoms. The molecule has 3 aromatic carbocycles. The predicted octanol–water partition coefficient (Wildman–Crippen LogP) is -3.03. The zero-order valence-corrected chi connectivity index (χ0v) is 50.4. The molecule has 16 atom stereocenters. The molecule has 0 aromatic heterocycles. The number of nitrogens with one attached hydrogen (secondary N) is 6. The lowest BCUT2D eigenvalue weighted by molar-refractivity contribution is -0.148. The zero-order chi connectivity index (χ0) is 64.8. The number of nitrogens with zero attached hydrogens (tertiary/aromatic N) is 3. The molecule has 4 aliphatic rings. The highest BCUT2D eigenvalue weighted by atomic mass is 16.5. The summed E-state index contributed by atoms with van der Waals surface area (Å²) in [5.74, 6) is -1.51. The van der Waals surface area contributed by atoms with Crippen LogP contribution in [0.25, 0.3) is 22.3 Å². The van der Waals surface area contributed by atoms with Gasteiger partial charge in [0, 0.05) is 63.6 Å². The lowest BCUT2D eigenvalue weighted by atomic mass is 9.93. The van der Waals surface area contributed by atoms with E-state index in [0.29, 0.717) is 13.2 Å². The Bertz CT molecular complexity index is 2970. The van der Waals surface area contributed by atoms with Gasteiger partial charge in [-0.25, -0.2) is 5.01 Å². The number of amides is 7. The van der Waals surface area contributed by atoms with E-state index >= 15 is 0 Å². The van der Waals surface area contributed by atoms with Gasteiger partial charge >= 0.3 is 0 Å². The molecule has 3 saturated heterocycles. The predicted molar refractivity (Wildman–Crippen MR) is 325 cm³/mol. The van der Waals surface area contributed by atoms with Crippen LogP contribution in [0.2, 0.25) is 0 Å². The number of nitrogens with two attached hydrogens (primary N) is 2. The summed E-state index contributed by atoms with van der Waals surface area (Å²) >= 11 is 0. The number of carbonyl (C=O) groups is 7. The molecule has 3 aromatic rings. The van der Waals surface area contributed by atoms with Crippen LogP contribution in [-0.2, 0) is 28.8 Å². The SMILES string of the molecule is CCCCCOc1ccc(-c2ccc(-c3ccc(C(=O)N[C@H]4C[C@@H](O)[C@@H](N(N)CCNCCN)NC(=O)C5[C@@H](O)[C@@H](C)CN5C(=O)C([C@@H](C)O)NC(=O)C([C@H](O)[C@@H](O)C5=CCC(O)C=C5)NC(=O)C5C[C@@H](O)CN5C(=O)C([C@@H](C)O)NC4=O)cc3)cc2)cc1. The summed E-state index contributed by atoms with van der Waals surface area (Å²) in [4.78, 5) is 104. The van der Waals surface area contributed by atoms with Gasteiger partial charge in [0.1, 0.15) is 60.4 Å². The Morgan fingerprint density at radius 1 is 0.719 bits per heavy atom. The second-order valence-electron chi connectivity index (χ2n) is 23.3. The van der Waals surface area contributed by atoms with Crippen LogP contribution in [0.3, 0.4) is 0 Å². The van der Waals surface area contributed by atoms with E-state index in [4.69, 9.17) is 16.3 Å². The number of fused-ring (bicyclic) bond motifs is 2. The van der Waals surface area contributed by atoms with Crippen LogP contribution in [-0.4, -0.2) is 234 Å². The van der Waals surface area contributed by atoms with Gasteiger partial charge in [0.2, 0.25) is 35.4 Å². The van der Waals surface area contributed by atoms with Gasteiger partial charge in [-0.15, -0.1) is 0 Å². The fraction of sp³-hybridized carbons (Fsp3) is 0.532. The molecular formula is C62H87N11O16. The Morgan fingerprint density at radius 2 is 1.29 bits per heavy atom. The number of carbonyl (C=O) groups excluding carboxylic acids is 7. The normalized spacial score (nSPS) is 28.1. The Balaban J connectivity index is 1.24. The number of rotatable bonds is 20. The van der Waals surface area contributed by atoms with Crippen LogP contribution in [0, 0.1) is 5.92 Å². The van der Waals surface area contributed by atoms with Crippen molar-refractivity contribution in [1.29, 1.82) is 0 Å². The van der Waals surface area contributed by atoms with Crippen LogP contribution < -0.4 is 48.2 Å². The molecule has 18 N–H and O–H groups in total. The molecule has 3 heterocycles. The lowest BCUT2D eigenvalue weighted by Crippen LogP contribution is -2.65. The van der Waals surface area contributed by atoms with Crippen molar-refractivity contribution in [2.45, 2.75) is 157 Å². The van der Waals surface area contributed by atoms with E-state index in [0.717, 1.165) is 75.9 Å². The van der Waals surface area contributed by atoms with Crippen molar-refractivity contribution in [3.05, 3.63) is 102 Å². The van der Waals surface area contributed by atoms with Gasteiger partial charge in [-0.3, -0.25) is 39.4 Å². The molecule has 89 heavy (non-hydrogen) atoms. The van der Waals surface area contributed by atoms with E-state index in [9.17, 15) is 74.4 Å². The Labute approximate surface area is 516 Å². The summed E-state index contributed by atoms with van der Waals surface area (Å²) in [7, 11) is 0. The van der Waals surface area contributed by atoms with Crippen molar-refractivity contribution in [1.82, 2.24) is 46.7 Å². The van der Waals surface area contributed by atoms with Crippen molar-refractivity contribution < 1.29 is 79.2 Å². The maximum Gasteiger partial charge on any atom is 0.251 e. The maximum atomic E-state index is 14.8. The average Bonchev–Trinajstić information content (AvgIpc) is 1.95. The van der Waals surface area contributed by atoms with Crippen molar-refractivity contribution in [2.24, 2.45) is 17.5 Å². The highest BCUT2D eigenvalue weighted by Gasteiger charge is 2.51. The fourth-order valence-electron chi connectivity index (χ4n) is 11.3. The molecule has 486 valence electrons. The molecule has 0 radical (unpaired) electrons. The van der Waals surface area contributed by atoms with Crippen molar-refractivity contribution in [2.75, 3.05) is 45.9 Å². The average molecular weight is 1240 g/mol. The molecular weight excluding hydrogens is 1150 g/mol. The van der Waals surface area contributed by atoms with Gasteiger partial charge in [0.05, 0.1) is 43.2 Å². The van der Waals surface area contributed by atoms with E-state index < -0.39 is 158 Å². The number of ether oxygens (including phenoxy) is 1. The Hall–Kier alpha value is -7.25. The molecule has 3 fully saturated rings. The summed E-state index contributed by atoms with van der Waals surface area (Å²) in [6, 6.07) is 10.4. The molecule has 3 aliphatic heterocycles. The number of benzene rings is 3. The third kappa shape index (κ3) is 17.6. The number of hydrogen-bond donors (Lipinski definition) is 16. The number of hydrazine groups is 1. The Kier molecular flexibility index (Phi) is 24.9. The number of unbranched alkanes of at least 4 members (excludes halogenated alkanes) is 2. The van der Waals surface area contributed by atoms with Gasteiger partial charge < -0.3 is 93.0 Å².